The normalized spacial score (nSPS) is 11.4. The minimum Gasteiger partial charge on any atom is -0.356 e. The quantitative estimate of drug-likeness (QED) is 0.284. The van der Waals surface area contributed by atoms with Gasteiger partial charge in [-0.05, 0) is 12.1 Å². The van der Waals surface area contributed by atoms with Gasteiger partial charge in [0.1, 0.15) is 0 Å². The fraction of sp³-hybridized carbons (Fsp3) is 0.100. The summed E-state index contributed by atoms with van der Waals surface area (Å²) in [6, 6.07) is 7.50. The number of nitrogens with two attached hydrogens (primary N) is 1. The highest BCUT2D eigenvalue weighted by Crippen LogP contribution is 2.17. The van der Waals surface area contributed by atoms with Crippen molar-refractivity contribution in [2.75, 3.05) is 7.05 Å². The summed E-state index contributed by atoms with van der Waals surface area (Å²) in [6.45, 7) is 0. The van der Waals surface area contributed by atoms with E-state index in [0.29, 0.717) is 11.5 Å². The number of aromatic nitrogens is 2. The molecule has 2 rings (SSSR count). The molecule has 16 heavy (non-hydrogen) atoms. The lowest BCUT2D eigenvalue weighted by atomic mass is 10.1. The van der Waals surface area contributed by atoms with Crippen molar-refractivity contribution in [2.24, 2.45) is 10.9 Å². The predicted octanol–water partition coefficient (Wildman–Crippen LogP) is 0.205. The van der Waals surface area contributed by atoms with Crippen LogP contribution in [0, 0.1) is 11.3 Å². The van der Waals surface area contributed by atoms with Gasteiger partial charge >= 0.3 is 0 Å². The van der Waals surface area contributed by atoms with E-state index in [4.69, 9.17) is 11.1 Å². The first kappa shape index (κ1) is 9.98. The van der Waals surface area contributed by atoms with Crippen LogP contribution < -0.4 is 11.2 Å². The Hall–Kier alpha value is -2.55. The molecule has 0 spiro atoms. The molecule has 0 bridgehead atoms. The molecule has 3 N–H and O–H groups in total. The van der Waals surface area contributed by atoms with E-state index in [1.807, 2.05) is 6.07 Å². The van der Waals surface area contributed by atoms with Crippen LogP contribution in [0.2, 0.25) is 0 Å². The second kappa shape index (κ2) is 3.90. The average Bonchev–Trinajstić information content (AvgIpc) is 2.75. The summed E-state index contributed by atoms with van der Waals surface area (Å²) in [5, 5.41) is 20.3. The molecule has 0 radical (unpaired) electrons. The number of nitriles is 1. The molecule has 0 saturated carbocycles. The highest BCUT2D eigenvalue weighted by atomic mass is 15.4. The molecule has 1 aromatic heterocycles. The highest BCUT2D eigenvalue weighted by molar-refractivity contribution is 5.94. The van der Waals surface area contributed by atoms with E-state index in [9.17, 15) is 0 Å². The Labute approximate surface area is 92.0 Å². The van der Waals surface area contributed by atoms with Crippen LogP contribution in [0.15, 0.2) is 29.5 Å². The summed E-state index contributed by atoms with van der Waals surface area (Å²) in [5.74, 6) is 5.66. The standard InChI is InChI=1S/C10H10N6/c1-13-10(15-12)16-9-4-2-3-7(5-11)8(9)6-14-16/h2-4,6H,12H2,1H3,(H,13,15). The van der Waals surface area contributed by atoms with Crippen molar-refractivity contribution in [1.82, 2.24) is 15.1 Å². The Kier molecular flexibility index (Phi) is 2.44. The van der Waals surface area contributed by atoms with Crippen molar-refractivity contribution in [1.29, 1.82) is 5.26 Å². The lowest BCUT2D eigenvalue weighted by molar-refractivity contribution is 0.890. The van der Waals surface area contributed by atoms with Crippen LogP contribution in [-0.2, 0) is 0 Å². The third-order valence-corrected chi connectivity index (χ3v) is 2.28. The minimum atomic E-state index is 0.421. The monoisotopic (exact) mass is 214 g/mol. The Morgan fingerprint density at radius 2 is 2.44 bits per heavy atom. The zero-order chi connectivity index (χ0) is 11.5. The Bertz CT molecular complexity index is 589. The number of nitrogens with zero attached hydrogens (tertiary/aromatic N) is 4. The number of hydrazone groups is 1. The Morgan fingerprint density at radius 3 is 3.06 bits per heavy atom. The zero-order valence-corrected chi connectivity index (χ0v) is 8.68. The van der Waals surface area contributed by atoms with Gasteiger partial charge in [-0.2, -0.15) is 15.0 Å². The molecule has 0 aliphatic heterocycles. The molecule has 1 aromatic carbocycles. The Morgan fingerprint density at radius 1 is 1.62 bits per heavy atom. The first-order chi connectivity index (χ1) is 7.81. The van der Waals surface area contributed by atoms with E-state index in [0.717, 1.165) is 10.9 Å². The fourth-order valence-corrected chi connectivity index (χ4v) is 1.54. The van der Waals surface area contributed by atoms with Gasteiger partial charge in [0.05, 0.1) is 23.3 Å². The van der Waals surface area contributed by atoms with Crippen LogP contribution in [0.5, 0.6) is 0 Å². The van der Waals surface area contributed by atoms with Gasteiger partial charge in [-0.15, -0.1) is 5.10 Å². The van der Waals surface area contributed by atoms with Gasteiger partial charge < -0.3 is 11.2 Å². The maximum absolute atomic E-state index is 8.94. The molecule has 6 heteroatoms. The molecule has 0 atom stereocenters. The average molecular weight is 214 g/mol. The van der Waals surface area contributed by atoms with Crippen molar-refractivity contribution in [2.45, 2.75) is 0 Å². The zero-order valence-electron chi connectivity index (χ0n) is 8.68. The van der Waals surface area contributed by atoms with Crippen LogP contribution >= 0.6 is 0 Å². The van der Waals surface area contributed by atoms with Crippen molar-refractivity contribution in [3.05, 3.63) is 30.0 Å². The second-order valence-corrected chi connectivity index (χ2v) is 3.11. The number of rotatable bonds is 0. The molecule has 2 aromatic rings. The van der Waals surface area contributed by atoms with E-state index in [-0.39, 0.29) is 0 Å². The molecule has 1 heterocycles. The first-order valence-electron chi connectivity index (χ1n) is 4.64. The summed E-state index contributed by atoms with van der Waals surface area (Å²) in [5.41, 5.74) is 1.37. The summed E-state index contributed by atoms with van der Waals surface area (Å²) in [7, 11) is 1.70. The summed E-state index contributed by atoms with van der Waals surface area (Å²) >= 11 is 0. The molecule has 0 aliphatic carbocycles. The van der Waals surface area contributed by atoms with E-state index in [2.05, 4.69) is 21.6 Å². The maximum atomic E-state index is 8.94. The number of hydrogen-bond donors (Lipinski definition) is 2. The molecule has 0 fully saturated rings. The molecule has 0 saturated heterocycles. The maximum Gasteiger partial charge on any atom is 0.241 e. The largest absolute Gasteiger partial charge is 0.356 e. The molecular formula is C10H10N6. The van der Waals surface area contributed by atoms with Gasteiger partial charge in [0.2, 0.25) is 5.96 Å². The number of nitrogens with one attached hydrogen (secondary N) is 1. The van der Waals surface area contributed by atoms with Crippen LogP contribution in [-0.4, -0.2) is 22.8 Å². The summed E-state index contributed by atoms with van der Waals surface area (Å²) in [6.07, 6.45) is 1.62. The summed E-state index contributed by atoms with van der Waals surface area (Å²) < 4.78 is 1.55. The van der Waals surface area contributed by atoms with Crippen LogP contribution in [0.1, 0.15) is 5.56 Å². The van der Waals surface area contributed by atoms with Gasteiger partial charge in [-0.25, -0.2) is 0 Å². The van der Waals surface area contributed by atoms with Gasteiger partial charge in [0, 0.05) is 12.4 Å². The van der Waals surface area contributed by atoms with Gasteiger partial charge in [-0.3, -0.25) is 0 Å². The van der Waals surface area contributed by atoms with Crippen molar-refractivity contribution >= 4 is 16.9 Å². The van der Waals surface area contributed by atoms with E-state index >= 15 is 0 Å². The van der Waals surface area contributed by atoms with E-state index < -0.39 is 0 Å². The number of fused-ring (bicyclic) bond motifs is 1. The third kappa shape index (κ3) is 1.35. The second-order valence-electron chi connectivity index (χ2n) is 3.11. The van der Waals surface area contributed by atoms with Crippen LogP contribution in [0.25, 0.3) is 10.9 Å². The highest BCUT2D eigenvalue weighted by Gasteiger charge is 2.09. The Balaban J connectivity index is 2.72. The smallest absolute Gasteiger partial charge is 0.241 e. The lowest BCUT2D eigenvalue weighted by Gasteiger charge is -2.04. The predicted molar refractivity (Wildman–Crippen MR) is 60.5 cm³/mol. The van der Waals surface area contributed by atoms with Gasteiger partial charge in [-0.1, -0.05) is 6.07 Å². The number of hydrogen-bond acceptors (Lipinski definition) is 4. The molecule has 0 amide bonds. The topological polar surface area (TPSA) is 92.0 Å². The first-order valence-corrected chi connectivity index (χ1v) is 4.64. The molecule has 6 nitrogen and oxygen atoms in total. The molecule has 0 unspecified atom stereocenters. The van der Waals surface area contributed by atoms with Crippen molar-refractivity contribution < 1.29 is 0 Å². The number of benzene rings is 1. The van der Waals surface area contributed by atoms with E-state index in [1.54, 1.807) is 30.1 Å². The van der Waals surface area contributed by atoms with Crippen molar-refractivity contribution in [3.8, 4) is 6.07 Å². The lowest BCUT2D eigenvalue weighted by Crippen LogP contribution is -2.28. The molecular weight excluding hydrogens is 204 g/mol. The fourth-order valence-electron chi connectivity index (χ4n) is 1.54. The molecule has 0 aliphatic rings. The third-order valence-electron chi connectivity index (χ3n) is 2.28. The van der Waals surface area contributed by atoms with Gasteiger partial charge in [0.25, 0.3) is 0 Å². The van der Waals surface area contributed by atoms with Crippen LogP contribution in [0.4, 0.5) is 0 Å². The van der Waals surface area contributed by atoms with Crippen molar-refractivity contribution in [3.63, 3.8) is 0 Å². The SMILES string of the molecule is CN/C(=N\N)n1ncc2c(C#N)cccc21. The van der Waals surface area contributed by atoms with Gasteiger partial charge in [0.15, 0.2) is 0 Å². The molecule has 80 valence electrons. The summed E-state index contributed by atoms with van der Waals surface area (Å²) in [4.78, 5) is 0. The van der Waals surface area contributed by atoms with Crippen LogP contribution in [0.3, 0.4) is 0 Å². The minimum absolute atomic E-state index is 0.421. The van der Waals surface area contributed by atoms with E-state index in [1.165, 1.54) is 0 Å².